The van der Waals surface area contributed by atoms with Gasteiger partial charge in [0.05, 0.1) is 12.6 Å². The van der Waals surface area contributed by atoms with E-state index in [2.05, 4.69) is 79.0 Å². The Balaban J connectivity index is 1.11. The van der Waals surface area contributed by atoms with Gasteiger partial charge in [-0.25, -0.2) is 0 Å². The molecule has 0 radical (unpaired) electrons. The van der Waals surface area contributed by atoms with Crippen LogP contribution in [0.3, 0.4) is 0 Å². The molecule has 39 heavy (non-hydrogen) atoms. The third-order valence-electron chi connectivity index (χ3n) is 9.25. The van der Waals surface area contributed by atoms with Crippen molar-refractivity contribution in [1.82, 2.24) is 29.5 Å². The zero-order valence-corrected chi connectivity index (χ0v) is 23.6. The molecule has 2 aromatic carbocycles. The normalized spacial score (nSPS) is 22.0. The van der Waals surface area contributed by atoms with Crippen molar-refractivity contribution >= 4 is 0 Å². The lowest BCUT2D eigenvalue weighted by Gasteiger charge is -2.29. The zero-order chi connectivity index (χ0) is 26.3. The fourth-order valence-electron chi connectivity index (χ4n) is 7.04. The van der Waals surface area contributed by atoms with Crippen molar-refractivity contribution in [3.05, 3.63) is 83.4 Å². The molecule has 1 aromatic heterocycles. The molecule has 2 atom stereocenters. The number of nitrogens with zero attached hydrogens (tertiary/aromatic N) is 6. The Morgan fingerprint density at radius 1 is 0.744 bits per heavy atom. The van der Waals surface area contributed by atoms with E-state index in [4.69, 9.17) is 5.10 Å². The standard InChI is InChI=1S/C33H46N6/c1-3-10-29(11-4-1)25-39-27-34-35-33(39)32(38-23-18-31(26-38)37-21-7-8-22-37)13-9-12-28-14-16-30(17-15-28)24-36-19-5-2-6-20-36/h1,3-4,10-11,14-17,27,31-32H,2,5-9,12-13,18-26H2. The molecular weight excluding hydrogens is 480 g/mol. The summed E-state index contributed by atoms with van der Waals surface area (Å²) in [5.41, 5.74) is 4.22. The molecule has 0 aliphatic carbocycles. The Kier molecular flexibility index (Phi) is 9.03. The van der Waals surface area contributed by atoms with Crippen molar-refractivity contribution in [2.75, 3.05) is 39.3 Å². The fraction of sp³-hybridized carbons (Fsp3) is 0.576. The molecule has 3 fully saturated rings. The number of likely N-dealkylation sites (tertiary alicyclic amines) is 3. The summed E-state index contributed by atoms with van der Waals surface area (Å²) >= 11 is 0. The summed E-state index contributed by atoms with van der Waals surface area (Å²) in [7, 11) is 0. The van der Waals surface area contributed by atoms with Gasteiger partial charge in [0.15, 0.2) is 5.82 Å². The summed E-state index contributed by atoms with van der Waals surface area (Å²) in [5.74, 6) is 1.14. The van der Waals surface area contributed by atoms with Crippen LogP contribution in [0.1, 0.15) is 79.9 Å². The van der Waals surface area contributed by atoms with Crippen molar-refractivity contribution in [3.63, 3.8) is 0 Å². The van der Waals surface area contributed by atoms with Crippen LogP contribution in [0.5, 0.6) is 0 Å². The molecule has 6 nitrogen and oxygen atoms in total. The molecule has 0 saturated carbocycles. The van der Waals surface area contributed by atoms with Gasteiger partial charge in [-0.1, -0.05) is 61.0 Å². The quantitative estimate of drug-likeness (QED) is 0.328. The van der Waals surface area contributed by atoms with Gasteiger partial charge in [0.1, 0.15) is 6.33 Å². The SMILES string of the molecule is c1ccc(Cn2cnnc2C(CCCc2ccc(CN3CCCCC3)cc2)N2CCC(N3CCCC3)C2)cc1. The lowest BCUT2D eigenvalue weighted by molar-refractivity contribution is 0.183. The second kappa shape index (κ2) is 13.2. The third kappa shape index (κ3) is 6.97. The van der Waals surface area contributed by atoms with Crippen LogP contribution >= 0.6 is 0 Å². The summed E-state index contributed by atoms with van der Waals surface area (Å²) in [6, 6.07) is 21.2. The van der Waals surface area contributed by atoms with E-state index < -0.39 is 0 Å². The van der Waals surface area contributed by atoms with Crippen molar-refractivity contribution in [2.24, 2.45) is 0 Å². The summed E-state index contributed by atoms with van der Waals surface area (Å²) in [6.45, 7) is 9.33. The van der Waals surface area contributed by atoms with Gasteiger partial charge in [0.2, 0.25) is 0 Å². The number of rotatable bonds is 11. The lowest BCUT2D eigenvalue weighted by atomic mass is 10.0. The fourth-order valence-corrected chi connectivity index (χ4v) is 7.04. The van der Waals surface area contributed by atoms with Gasteiger partial charge >= 0.3 is 0 Å². The monoisotopic (exact) mass is 526 g/mol. The van der Waals surface area contributed by atoms with Crippen LogP contribution in [0.2, 0.25) is 0 Å². The molecular formula is C33H46N6. The Bertz CT molecular complexity index is 1130. The Labute approximate surface area is 235 Å². The van der Waals surface area contributed by atoms with Gasteiger partial charge in [0, 0.05) is 25.7 Å². The average molecular weight is 527 g/mol. The summed E-state index contributed by atoms with van der Waals surface area (Å²) < 4.78 is 2.29. The predicted molar refractivity (Wildman–Crippen MR) is 158 cm³/mol. The van der Waals surface area contributed by atoms with Gasteiger partial charge in [-0.15, -0.1) is 10.2 Å². The first-order valence-electron chi connectivity index (χ1n) is 15.5. The number of piperidine rings is 1. The molecule has 6 heteroatoms. The number of hydrogen-bond acceptors (Lipinski definition) is 5. The molecule has 3 aliphatic heterocycles. The van der Waals surface area contributed by atoms with Gasteiger partial charge in [-0.3, -0.25) is 14.7 Å². The second-order valence-corrected chi connectivity index (χ2v) is 12.0. The van der Waals surface area contributed by atoms with Crippen LogP contribution in [0.15, 0.2) is 60.9 Å². The smallest absolute Gasteiger partial charge is 0.150 e. The Morgan fingerprint density at radius 3 is 2.26 bits per heavy atom. The highest BCUT2D eigenvalue weighted by atomic mass is 15.3. The first-order chi connectivity index (χ1) is 19.3. The topological polar surface area (TPSA) is 40.4 Å². The minimum atomic E-state index is 0.321. The van der Waals surface area contributed by atoms with Gasteiger partial charge in [-0.2, -0.15) is 0 Å². The van der Waals surface area contributed by atoms with Crippen LogP contribution in [0.25, 0.3) is 0 Å². The van der Waals surface area contributed by atoms with Crippen LogP contribution < -0.4 is 0 Å². The number of benzene rings is 2. The van der Waals surface area contributed by atoms with Gasteiger partial charge < -0.3 is 4.57 Å². The van der Waals surface area contributed by atoms with Crippen LogP contribution in [-0.2, 0) is 19.5 Å². The van der Waals surface area contributed by atoms with E-state index in [-0.39, 0.29) is 0 Å². The average Bonchev–Trinajstić information content (AvgIpc) is 3.76. The highest BCUT2D eigenvalue weighted by Crippen LogP contribution is 2.31. The van der Waals surface area contributed by atoms with E-state index in [0.29, 0.717) is 12.1 Å². The highest BCUT2D eigenvalue weighted by Gasteiger charge is 2.35. The van der Waals surface area contributed by atoms with Gasteiger partial charge in [-0.05, 0) is 94.2 Å². The molecule has 2 unspecified atom stereocenters. The Morgan fingerprint density at radius 2 is 1.46 bits per heavy atom. The molecule has 3 aliphatic rings. The molecule has 3 aromatic rings. The second-order valence-electron chi connectivity index (χ2n) is 12.0. The molecule has 208 valence electrons. The van der Waals surface area contributed by atoms with Crippen molar-refractivity contribution in [1.29, 1.82) is 0 Å². The number of aryl methyl sites for hydroxylation is 1. The van der Waals surface area contributed by atoms with Crippen LogP contribution in [-0.4, -0.2) is 74.8 Å². The Hall–Kier alpha value is -2.54. The summed E-state index contributed by atoms with van der Waals surface area (Å²) in [4.78, 5) is 8.06. The maximum Gasteiger partial charge on any atom is 0.150 e. The molecule has 4 heterocycles. The lowest BCUT2D eigenvalue weighted by Crippen LogP contribution is -2.37. The van der Waals surface area contributed by atoms with E-state index >= 15 is 0 Å². The van der Waals surface area contributed by atoms with E-state index in [0.717, 1.165) is 44.8 Å². The van der Waals surface area contributed by atoms with Crippen LogP contribution in [0.4, 0.5) is 0 Å². The third-order valence-corrected chi connectivity index (χ3v) is 9.25. The molecule has 0 N–H and O–H groups in total. The maximum atomic E-state index is 4.73. The van der Waals surface area contributed by atoms with Crippen LogP contribution in [0, 0.1) is 0 Å². The predicted octanol–water partition coefficient (Wildman–Crippen LogP) is 5.55. The molecule has 6 rings (SSSR count). The highest BCUT2D eigenvalue weighted by molar-refractivity contribution is 5.23. The van der Waals surface area contributed by atoms with E-state index in [9.17, 15) is 0 Å². The molecule has 0 spiro atoms. The number of hydrogen-bond donors (Lipinski definition) is 0. The maximum absolute atomic E-state index is 4.73. The van der Waals surface area contributed by atoms with E-state index in [1.54, 1.807) is 0 Å². The first kappa shape index (κ1) is 26.7. The van der Waals surface area contributed by atoms with Crippen molar-refractivity contribution in [2.45, 2.75) is 83.0 Å². The van der Waals surface area contributed by atoms with Gasteiger partial charge in [0.25, 0.3) is 0 Å². The molecule has 0 amide bonds. The largest absolute Gasteiger partial charge is 0.312 e. The minimum absolute atomic E-state index is 0.321. The number of aromatic nitrogens is 3. The molecule has 0 bridgehead atoms. The molecule has 3 saturated heterocycles. The minimum Gasteiger partial charge on any atom is -0.312 e. The zero-order valence-electron chi connectivity index (χ0n) is 23.6. The van der Waals surface area contributed by atoms with E-state index in [1.165, 1.54) is 87.8 Å². The summed E-state index contributed by atoms with van der Waals surface area (Å²) in [6.07, 6.45) is 13.5. The van der Waals surface area contributed by atoms with Crippen molar-refractivity contribution in [3.8, 4) is 0 Å². The van der Waals surface area contributed by atoms with Crippen molar-refractivity contribution < 1.29 is 0 Å². The van der Waals surface area contributed by atoms with E-state index in [1.807, 2.05) is 6.33 Å². The summed E-state index contributed by atoms with van der Waals surface area (Å²) in [5, 5.41) is 9.13. The first-order valence-corrected chi connectivity index (χ1v) is 15.5.